The molecule has 0 saturated heterocycles. The summed E-state index contributed by atoms with van der Waals surface area (Å²) in [6.45, 7) is 3.37. The number of carboxylic acids is 1. The van der Waals surface area contributed by atoms with Gasteiger partial charge in [-0.2, -0.15) is 0 Å². The van der Waals surface area contributed by atoms with Crippen LogP contribution in [0.1, 0.15) is 41.8 Å². The average Bonchev–Trinajstić information content (AvgIpc) is 2.35. The molecule has 0 unspecified atom stereocenters. The molecule has 0 aliphatic carbocycles. The number of hydrogen-bond donors (Lipinski definition) is 1. The van der Waals surface area contributed by atoms with Gasteiger partial charge in [0.25, 0.3) is 0 Å². The second-order valence-electron chi connectivity index (χ2n) is 4.44. The number of alkyl halides is 3. The van der Waals surface area contributed by atoms with E-state index < -0.39 is 19.6 Å². The largest absolute Gasteiger partial charge is 0.478 e. The fraction of sp³-hybridized carbons (Fsp3) is 0.462. The number of carboxylic acid groups (broad SMARTS) is 1. The lowest BCUT2D eigenvalue weighted by Gasteiger charge is -2.20. The predicted molar refractivity (Wildman–Crippen MR) is 84.4 cm³/mol. The molecule has 0 saturated carbocycles. The highest BCUT2D eigenvalue weighted by Gasteiger charge is 2.34. The molecule has 1 aromatic rings. The maximum absolute atomic E-state index is 12.5. The van der Waals surface area contributed by atoms with E-state index in [0.29, 0.717) is 6.42 Å². The van der Waals surface area contributed by atoms with Crippen molar-refractivity contribution in [2.24, 2.45) is 0 Å². The molecular formula is C13H15Cl3O4S. The molecule has 1 N–H and O–H groups in total. The van der Waals surface area contributed by atoms with Crippen LogP contribution in [0.2, 0.25) is 0 Å². The molecule has 0 bridgehead atoms. The van der Waals surface area contributed by atoms with Crippen LogP contribution < -0.4 is 0 Å². The lowest BCUT2D eigenvalue weighted by molar-refractivity contribution is 0.0695. The Balaban J connectivity index is 3.84. The Labute approximate surface area is 138 Å². The molecule has 0 radical (unpaired) electrons. The molecule has 1 aromatic carbocycles. The molecule has 21 heavy (non-hydrogen) atoms. The zero-order valence-electron chi connectivity index (χ0n) is 11.5. The van der Waals surface area contributed by atoms with Gasteiger partial charge in [0.15, 0.2) is 9.84 Å². The number of carbonyl (C=O) groups is 1. The Morgan fingerprint density at radius 2 is 1.81 bits per heavy atom. The first-order valence-corrected chi connectivity index (χ1v) is 9.04. The van der Waals surface area contributed by atoms with E-state index in [1.54, 1.807) is 13.8 Å². The van der Waals surface area contributed by atoms with Crippen molar-refractivity contribution in [3.63, 3.8) is 0 Å². The third-order valence-corrected chi connectivity index (χ3v) is 5.58. The summed E-state index contributed by atoms with van der Waals surface area (Å²) in [5, 5.41) is 9.22. The van der Waals surface area contributed by atoms with E-state index in [0.717, 1.165) is 0 Å². The summed E-state index contributed by atoms with van der Waals surface area (Å²) < 4.78 is 23.0. The van der Waals surface area contributed by atoms with Gasteiger partial charge in [-0.3, -0.25) is 0 Å². The Kier molecular flexibility index (Phi) is 5.95. The highest BCUT2D eigenvalue weighted by Crippen LogP contribution is 2.43. The van der Waals surface area contributed by atoms with Crippen molar-refractivity contribution in [1.29, 1.82) is 0 Å². The van der Waals surface area contributed by atoms with E-state index in [-0.39, 0.29) is 33.8 Å². The molecule has 118 valence electrons. The summed E-state index contributed by atoms with van der Waals surface area (Å²) >= 11 is 17.5. The van der Waals surface area contributed by atoms with Crippen molar-refractivity contribution in [2.45, 2.75) is 35.4 Å². The van der Waals surface area contributed by atoms with Crippen molar-refractivity contribution in [3.8, 4) is 0 Å². The van der Waals surface area contributed by atoms with Crippen LogP contribution in [-0.2, 0) is 20.1 Å². The van der Waals surface area contributed by atoms with Crippen LogP contribution in [0.25, 0.3) is 0 Å². The molecule has 0 aliphatic rings. The quantitative estimate of drug-likeness (QED) is 0.793. The fourth-order valence-electron chi connectivity index (χ4n) is 2.13. The van der Waals surface area contributed by atoms with Crippen LogP contribution >= 0.6 is 34.8 Å². The summed E-state index contributed by atoms with van der Waals surface area (Å²) in [5.41, 5.74) is 0.0627. The van der Waals surface area contributed by atoms with Gasteiger partial charge >= 0.3 is 5.97 Å². The molecule has 0 atom stereocenters. The van der Waals surface area contributed by atoms with Gasteiger partial charge in [-0.15, -0.1) is 0 Å². The van der Waals surface area contributed by atoms with Crippen molar-refractivity contribution in [3.05, 3.63) is 28.8 Å². The highest BCUT2D eigenvalue weighted by atomic mass is 35.6. The second-order valence-corrected chi connectivity index (χ2v) is 8.77. The number of halogens is 3. The third-order valence-electron chi connectivity index (χ3n) is 2.93. The van der Waals surface area contributed by atoms with Gasteiger partial charge in [0.1, 0.15) is 0 Å². The molecule has 1 rings (SSSR count). The number of aromatic carboxylic acids is 1. The van der Waals surface area contributed by atoms with Crippen molar-refractivity contribution < 1.29 is 18.3 Å². The maximum Gasteiger partial charge on any atom is 0.336 e. The van der Waals surface area contributed by atoms with Crippen LogP contribution in [0, 0.1) is 0 Å². The maximum atomic E-state index is 12.5. The normalized spacial score (nSPS) is 12.4. The molecule has 0 fully saturated rings. The number of sulfone groups is 1. The number of benzene rings is 1. The summed E-state index contributed by atoms with van der Waals surface area (Å²) in [6, 6.07) is 2.52. The van der Waals surface area contributed by atoms with Gasteiger partial charge in [0, 0.05) is 5.56 Å². The molecule has 0 aliphatic heterocycles. The Morgan fingerprint density at radius 1 is 1.24 bits per heavy atom. The SMILES string of the molecule is CCCS(=O)(=O)c1c(C(Cl)(Cl)Cl)ccc(C(=O)O)c1CC. The molecule has 0 spiro atoms. The Bertz CT molecular complexity index is 648. The molecular weight excluding hydrogens is 359 g/mol. The van der Waals surface area contributed by atoms with Crippen LogP contribution in [0.15, 0.2) is 17.0 Å². The Morgan fingerprint density at radius 3 is 2.19 bits per heavy atom. The van der Waals surface area contributed by atoms with Gasteiger partial charge in [0.05, 0.1) is 16.2 Å². The monoisotopic (exact) mass is 372 g/mol. The van der Waals surface area contributed by atoms with Crippen LogP contribution in [-0.4, -0.2) is 25.2 Å². The minimum Gasteiger partial charge on any atom is -0.478 e. The van der Waals surface area contributed by atoms with Gasteiger partial charge in [-0.1, -0.05) is 54.7 Å². The van der Waals surface area contributed by atoms with E-state index >= 15 is 0 Å². The van der Waals surface area contributed by atoms with Crippen molar-refractivity contribution in [1.82, 2.24) is 0 Å². The summed E-state index contributed by atoms with van der Waals surface area (Å²) in [5.74, 6) is -1.35. The first-order valence-electron chi connectivity index (χ1n) is 6.25. The lowest BCUT2D eigenvalue weighted by atomic mass is 10.0. The summed E-state index contributed by atoms with van der Waals surface area (Å²) in [4.78, 5) is 11.1. The Hall–Kier alpha value is -0.490. The standard InChI is InChI=1S/C13H15Cl3O4S/c1-3-7-21(19,20)11-8(4-2)9(12(17)18)5-6-10(11)13(14,15)16/h5-6H,3-4,7H2,1-2H3,(H,17,18). The van der Waals surface area contributed by atoms with Crippen LogP contribution in [0.5, 0.6) is 0 Å². The minimum absolute atomic E-state index is 0.0113. The first kappa shape index (κ1) is 18.6. The summed E-state index contributed by atoms with van der Waals surface area (Å²) in [6.07, 6.45) is 0.580. The highest BCUT2D eigenvalue weighted by molar-refractivity contribution is 7.91. The van der Waals surface area contributed by atoms with E-state index in [1.807, 2.05) is 0 Å². The van der Waals surface area contributed by atoms with Gasteiger partial charge in [0.2, 0.25) is 3.79 Å². The number of hydrogen-bond acceptors (Lipinski definition) is 3. The van der Waals surface area contributed by atoms with Crippen LogP contribution in [0.4, 0.5) is 0 Å². The number of rotatable bonds is 5. The molecule has 0 amide bonds. The predicted octanol–water partition coefficient (Wildman–Crippen LogP) is 3.96. The smallest absolute Gasteiger partial charge is 0.336 e. The average molecular weight is 374 g/mol. The van der Waals surface area contributed by atoms with E-state index in [1.165, 1.54) is 12.1 Å². The molecule has 0 aromatic heterocycles. The van der Waals surface area contributed by atoms with Crippen molar-refractivity contribution >= 4 is 50.6 Å². The molecule has 4 nitrogen and oxygen atoms in total. The van der Waals surface area contributed by atoms with E-state index in [2.05, 4.69) is 0 Å². The van der Waals surface area contributed by atoms with Crippen molar-refractivity contribution in [2.75, 3.05) is 5.75 Å². The molecule has 0 heterocycles. The zero-order valence-corrected chi connectivity index (χ0v) is 14.6. The van der Waals surface area contributed by atoms with Gasteiger partial charge in [-0.05, 0) is 24.5 Å². The third kappa shape index (κ3) is 4.03. The first-order chi connectivity index (χ1) is 9.56. The second kappa shape index (κ2) is 6.73. The van der Waals surface area contributed by atoms with Crippen LogP contribution in [0.3, 0.4) is 0 Å². The van der Waals surface area contributed by atoms with E-state index in [4.69, 9.17) is 34.8 Å². The van der Waals surface area contributed by atoms with E-state index in [9.17, 15) is 18.3 Å². The van der Waals surface area contributed by atoms with Gasteiger partial charge < -0.3 is 5.11 Å². The lowest BCUT2D eigenvalue weighted by Crippen LogP contribution is -2.18. The topological polar surface area (TPSA) is 71.4 Å². The molecule has 8 heteroatoms. The fourth-order valence-corrected chi connectivity index (χ4v) is 4.70. The van der Waals surface area contributed by atoms with Gasteiger partial charge in [-0.25, -0.2) is 13.2 Å². The zero-order chi connectivity index (χ0) is 16.4. The minimum atomic E-state index is -3.74. The summed E-state index contributed by atoms with van der Waals surface area (Å²) in [7, 11) is -3.74.